The minimum Gasteiger partial charge on any atom is -0.357 e. The Balaban J connectivity index is 0.00000300. The molecule has 2 unspecified atom stereocenters. The summed E-state index contributed by atoms with van der Waals surface area (Å²) in [5.41, 5.74) is 0. The number of aromatic nitrogens is 3. The van der Waals surface area contributed by atoms with Gasteiger partial charge in [-0.1, -0.05) is 6.07 Å². The van der Waals surface area contributed by atoms with Gasteiger partial charge in [-0.05, 0) is 63.6 Å². The van der Waals surface area contributed by atoms with Crippen LogP contribution in [-0.2, 0) is 6.54 Å². The summed E-state index contributed by atoms with van der Waals surface area (Å²) < 4.78 is 2.02. The Morgan fingerprint density at radius 1 is 1.28 bits per heavy atom. The normalized spacial score (nSPS) is 20.3. The highest BCUT2D eigenvalue weighted by Crippen LogP contribution is 2.37. The van der Waals surface area contributed by atoms with E-state index in [1.807, 2.05) is 15.9 Å². The van der Waals surface area contributed by atoms with Gasteiger partial charge in [0.1, 0.15) is 12.7 Å². The van der Waals surface area contributed by atoms with E-state index >= 15 is 0 Å². The first-order chi connectivity index (χ1) is 13.8. The fraction of sp³-hybridized carbons (Fsp3) is 0.650. The van der Waals surface area contributed by atoms with Crippen LogP contribution in [-0.4, -0.2) is 58.9 Å². The van der Waals surface area contributed by atoms with Crippen LogP contribution in [0.25, 0.3) is 0 Å². The van der Waals surface area contributed by atoms with E-state index in [9.17, 15) is 0 Å². The highest BCUT2D eigenvalue weighted by molar-refractivity contribution is 14.0. The van der Waals surface area contributed by atoms with Crippen LogP contribution in [0.5, 0.6) is 0 Å². The molecule has 7 nitrogen and oxygen atoms in total. The average molecular weight is 532 g/mol. The standard InChI is InChI=1S/C20H33N7S.HI/c1-3-21-20(22-10-4-5-12-27-15-24-25-16-27)23-14-17-8-6-11-26(2)19(17)18-9-7-13-28-18;/h7,9,13,15-17,19H,3-6,8,10-12,14H2,1-2H3,(H2,21,22,23);1H. The quantitative estimate of drug-likeness (QED) is 0.225. The van der Waals surface area contributed by atoms with Crippen molar-refractivity contribution in [3.05, 3.63) is 35.0 Å². The van der Waals surface area contributed by atoms with Gasteiger partial charge in [0.2, 0.25) is 0 Å². The molecule has 9 heteroatoms. The molecule has 0 spiro atoms. The first-order valence-corrected chi connectivity index (χ1v) is 11.2. The molecule has 0 radical (unpaired) electrons. The number of hydrogen-bond donors (Lipinski definition) is 2. The lowest BCUT2D eigenvalue weighted by Gasteiger charge is -2.38. The molecular weight excluding hydrogens is 497 g/mol. The highest BCUT2D eigenvalue weighted by atomic mass is 127. The van der Waals surface area contributed by atoms with Crippen LogP contribution in [0, 0.1) is 5.92 Å². The first kappa shape index (κ1) is 24.1. The topological polar surface area (TPSA) is 70.4 Å². The Bertz CT molecular complexity index is 690. The zero-order valence-corrected chi connectivity index (χ0v) is 20.6. The number of piperidine rings is 1. The van der Waals surface area contributed by atoms with Crippen molar-refractivity contribution in [3.8, 4) is 0 Å². The first-order valence-electron chi connectivity index (χ1n) is 10.4. The van der Waals surface area contributed by atoms with Crippen molar-refractivity contribution < 1.29 is 0 Å². The van der Waals surface area contributed by atoms with Gasteiger partial charge in [-0.15, -0.1) is 45.5 Å². The average Bonchev–Trinajstić information content (AvgIpc) is 3.40. The molecule has 2 atom stereocenters. The molecular formula is C20H34IN7S. The molecule has 0 aliphatic carbocycles. The summed E-state index contributed by atoms with van der Waals surface area (Å²) in [6.45, 7) is 6.92. The van der Waals surface area contributed by atoms with Gasteiger partial charge in [0.05, 0.1) is 0 Å². The number of guanidine groups is 1. The zero-order chi connectivity index (χ0) is 19.6. The molecule has 1 saturated heterocycles. The van der Waals surface area contributed by atoms with Crippen molar-refractivity contribution in [2.75, 3.05) is 33.2 Å². The number of aliphatic imine (C=N–C) groups is 1. The second-order valence-corrected chi connectivity index (χ2v) is 8.38. The molecule has 2 aromatic rings. The van der Waals surface area contributed by atoms with Gasteiger partial charge in [0.15, 0.2) is 5.96 Å². The van der Waals surface area contributed by atoms with Gasteiger partial charge in [-0.3, -0.25) is 9.89 Å². The van der Waals surface area contributed by atoms with Gasteiger partial charge in [0, 0.05) is 37.1 Å². The summed E-state index contributed by atoms with van der Waals surface area (Å²) in [4.78, 5) is 8.89. The number of nitrogens with one attached hydrogen (secondary N) is 2. The van der Waals surface area contributed by atoms with Crippen LogP contribution in [0.15, 0.2) is 35.2 Å². The van der Waals surface area contributed by atoms with Crippen molar-refractivity contribution in [2.24, 2.45) is 10.9 Å². The van der Waals surface area contributed by atoms with E-state index in [1.54, 1.807) is 12.7 Å². The third-order valence-corrected chi connectivity index (χ3v) is 6.22. The molecule has 0 bridgehead atoms. The smallest absolute Gasteiger partial charge is 0.191 e. The predicted octanol–water partition coefficient (Wildman–Crippen LogP) is 3.38. The number of likely N-dealkylation sites (tertiary alicyclic amines) is 1. The lowest BCUT2D eigenvalue weighted by molar-refractivity contribution is 0.128. The molecule has 2 N–H and O–H groups in total. The third-order valence-electron chi connectivity index (χ3n) is 5.27. The Morgan fingerprint density at radius 3 is 2.83 bits per heavy atom. The van der Waals surface area contributed by atoms with E-state index < -0.39 is 0 Å². The molecule has 0 saturated carbocycles. The minimum absolute atomic E-state index is 0. The van der Waals surface area contributed by atoms with Crippen LogP contribution >= 0.6 is 35.3 Å². The van der Waals surface area contributed by atoms with Gasteiger partial charge >= 0.3 is 0 Å². The van der Waals surface area contributed by atoms with E-state index in [4.69, 9.17) is 4.99 Å². The molecule has 162 valence electrons. The van der Waals surface area contributed by atoms with Crippen molar-refractivity contribution in [3.63, 3.8) is 0 Å². The Hall–Kier alpha value is -1.20. The maximum absolute atomic E-state index is 4.93. The summed E-state index contributed by atoms with van der Waals surface area (Å²) in [6.07, 6.45) is 8.22. The highest BCUT2D eigenvalue weighted by Gasteiger charge is 2.31. The summed E-state index contributed by atoms with van der Waals surface area (Å²) >= 11 is 1.87. The lowest BCUT2D eigenvalue weighted by Crippen LogP contribution is -2.40. The molecule has 1 fully saturated rings. The number of unbranched alkanes of at least 4 members (excludes halogenated alkanes) is 1. The number of nitrogens with zero attached hydrogens (tertiary/aromatic N) is 5. The van der Waals surface area contributed by atoms with Crippen LogP contribution in [0.4, 0.5) is 0 Å². The van der Waals surface area contributed by atoms with Gasteiger partial charge in [0.25, 0.3) is 0 Å². The molecule has 2 aromatic heterocycles. The van der Waals surface area contributed by atoms with Crippen LogP contribution in [0.2, 0.25) is 0 Å². The number of halogens is 1. The van der Waals surface area contributed by atoms with Crippen LogP contribution < -0.4 is 10.6 Å². The Morgan fingerprint density at radius 2 is 2.10 bits per heavy atom. The molecule has 1 aliphatic rings. The fourth-order valence-corrected chi connectivity index (χ4v) is 4.86. The van der Waals surface area contributed by atoms with E-state index in [0.29, 0.717) is 12.0 Å². The zero-order valence-electron chi connectivity index (χ0n) is 17.5. The molecule has 3 rings (SSSR count). The van der Waals surface area contributed by atoms with E-state index in [0.717, 1.165) is 45.0 Å². The lowest BCUT2D eigenvalue weighted by atomic mass is 9.88. The Kier molecular flexibility index (Phi) is 10.9. The van der Waals surface area contributed by atoms with Crippen LogP contribution in [0.1, 0.15) is 43.5 Å². The fourth-order valence-electron chi connectivity index (χ4n) is 3.87. The van der Waals surface area contributed by atoms with Crippen molar-refractivity contribution >= 4 is 41.3 Å². The molecule has 1 aliphatic heterocycles. The summed E-state index contributed by atoms with van der Waals surface area (Å²) in [7, 11) is 2.25. The van der Waals surface area contributed by atoms with Crippen molar-refractivity contribution in [1.82, 2.24) is 30.3 Å². The van der Waals surface area contributed by atoms with Gasteiger partial charge in [-0.25, -0.2) is 0 Å². The summed E-state index contributed by atoms with van der Waals surface area (Å²) in [5, 5.41) is 16.7. The largest absolute Gasteiger partial charge is 0.357 e. The molecule has 3 heterocycles. The second kappa shape index (κ2) is 13.2. The number of aryl methyl sites for hydroxylation is 1. The SMILES string of the molecule is CCNC(=NCC1CCCN(C)C1c1cccs1)NCCCCn1cnnc1.I. The predicted molar refractivity (Wildman–Crippen MR) is 131 cm³/mol. The molecule has 29 heavy (non-hydrogen) atoms. The van der Waals surface area contributed by atoms with Gasteiger partial charge in [-0.2, -0.15) is 0 Å². The van der Waals surface area contributed by atoms with Crippen molar-refractivity contribution in [1.29, 1.82) is 0 Å². The third kappa shape index (κ3) is 7.53. The number of thiophene rings is 1. The maximum atomic E-state index is 4.93. The van der Waals surface area contributed by atoms with E-state index in [1.165, 1.54) is 24.3 Å². The minimum atomic E-state index is 0. The Labute approximate surface area is 195 Å². The number of rotatable bonds is 9. The van der Waals surface area contributed by atoms with E-state index in [-0.39, 0.29) is 24.0 Å². The van der Waals surface area contributed by atoms with Gasteiger partial charge < -0.3 is 15.2 Å². The summed E-state index contributed by atoms with van der Waals surface area (Å²) in [5.74, 6) is 1.51. The molecule has 0 aromatic carbocycles. The second-order valence-electron chi connectivity index (χ2n) is 7.40. The number of hydrogen-bond acceptors (Lipinski definition) is 5. The van der Waals surface area contributed by atoms with Crippen molar-refractivity contribution in [2.45, 2.75) is 45.2 Å². The van der Waals surface area contributed by atoms with E-state index in [2.05, 4.69) is 57.2 Å². The maximum Gasteiger partial charge on any atom is 0.191 e. The monoisotopic (exact) mass is 531 g/mol. The summed E-state index contributed by atoms with van der Waals surface area (Å²) in [6, 6.07) is 4.92. The van der Waals surface area contributed by atoms with Crippen LogP contribution in [0.3, 0.4) is 0 Å². The molecule has 0 amide bonds.